The highest BCUT2D eigenvalue weighted by Crippen LogP contribution is 2.26. The van der Waals surface area contributed by atoms with Crippen LogP contribution in [0.1, 0.15) is 10.4 Å². The van der Waals surface area contributed by atoms with E-state index in [1.165, 1.54) is 0 Å². The fourth-order valence-corrected chi connectivity index (χ4v) is 2.34. The second-order valence-corrected chi connectivity index (χ2v) is 4.85. The average molecular weight is 297 g/mol. The molecule has 2 amide bonds. The molecule has 22 heavy (non-hydrogen) atoms. The third-order valence-corrected chi connectivity index (χ3v) is 3.39. The van der Waals surface area contributed by atoms with Gasteiger partial charge in [0.1, 0.15) is 6.61 Å². The average Bonchev–Trinajstić information content (AvgIpc) is 2.94. The van der Waals surface area contributed by atoms with Crippen LogP contribution in [0.25, 0.3) is 0 Å². The first-order valence-electron chi connectivity index (χ1n) is 6.85. The van der Waals surface area contributed by atoms with Crippen molar-refractivity contribution in [3.63, 3.8) is 0 Å². The van der Waals surface area contributed by atoms with E-state index in [4.69, 9.17) is 10.5 Å². The van der Waals surface area contributed by atoms with Gasteiger partial charge in [-0.15, -0.1) is 0 Å². The van der Waals surface area contributed by atoms with Crippen LogP contribution in [0.3, 0.4) is 0 Å². The Balaban J connectivity index is 1.87. The number of benzene rings is 2. The van der Waals surface area contributed by atoms with E-state index in [0.29, 0.717) is 24.4 Å². The highest BCUT2D eigenvalue weighted by molar-refractivity contribution is 5.99. The molecule has 112 valence electrons. The minimum atomic E-state index is -0.498. The first-order valence-corrected chi connectivity index (χ1v) is 6.85. The Morgan fingerprint density at radius 2 is 2.00 bits per heavy atom. The normalized spacial score (nSPS) is 13.8. The molecule has 1 aliphatic heterocycles. The van der Waals surface area contributed by atoms with Crippen LogP contribution >= 0.6 is 0 Å². The summed E-state index contributed by atoms with van der Waals surface area (Å²) in [5.41, 5.74) is 7.89. The monoisotopic (exact) mass is 297 g/mol. The number of carbonyl (C=O) groups is 2. The molecule has 3 N–H and O–H groups in total. The van der Waals surface area contributed by atoms with Gasteiger partial charge in [-0.1, -0.05) is 18.2 Å². The summed E-state index contributed by atoms with van der Waals surface area (Å²) < 4.78 is 4.93. The Labute approximate surface area is 127 Å². The molecule has 1 aliphatic rings. The van der Waals surface area contributed by atoms with Crippen molar-refractivity contribution in [2.24, 2.45) is 5.73 Å². The van der Waals surface area contributed by atoms with Crippen LogP contribution in [0, 0.1) is 0 Å². The van der Waals surface area contributed by atoms with Crippen molar-refractivity contribution in [2.45, 2.75) is 0 Å². The first kappa shape index (κ1) is 13.9. The number of cyclic esters (lactones) is 1. The van der Waals surface area contributed by atoms with Crippen LogP contribution in [-0.4, -0.2) is 25.2 Å². The number of rotatable bonds is 4. The number of ether oxygens (including phenoxy) is 1. The molecular formula is C16H15N3O3. The van der Waals surface area contributed by atoms with Gasteiger partial charge in [-0.25, -0.2) is 4.79 Å². The molecule has 1 fully saturated rings. The standard InChI is InChI=1S/C16H15N3O3/c17-15(20)13-6-1-2-7-14(13)18-11-4-3-5-12(10-11)19-8-9-22-16(19)21/h1-7,10,18H,8-9H2,(H2,17,20). The van der Waals surface area contributed by atoms with E-state index in [1.807, 2.05) is 30.3 Å². The molecule has 0 aliphatic carbocycles. The quantitative estimate of drug-likeness (QED) is 0.908. The van der Waals surface area contributed by atoms with Crippen LogP contribution in [0.4, 0.5) is 21.9 Å². The van der Waals surface area contributed by atoms with Crippen molar-refractivity contribution in [2.75, 3.05) is 23.4 Å². The molecule has 0 atom stereocenters. The Hall–Kier alpha value is -3.02. The first-order chi connectivity index (χ1) is 10.6. The summed E-state index contributed by atoms with van der Waals surface area (Å²) in [4.78, 5) is 24.6. The summed E-state index contributed by atoms with van der Waals surface area (Å²) in [6.07, 6.45) is -0.352. The summed E-state index contributed by atoms with van der Waals surface area (Å²) in [5, 5.41) is 3.15. The summed E-state index contributed by atoms with van der Waals surface area (Å²) >= 11 is 0. The zero-order valence-electron chi connectivity index (χ0n) is 11.8. The Kier molecular flexibility index (Phi) is 3.65. The van der Waals surface area contributed by atoms with Crippen LogP contribution in [0.2, 0.25) is 0 Å². The van der Waals surface area contributed by atoms with E-state index in [0.717, 1.165) is 11.4 Å². The molecule has 3 rings (SSSR count). The van der Waals surface area contributed by atoms with Crippen LogP contribution in [-0.2, 0) is 4.74 Å². The molecular weight excluding hydrogens is 282 g/mol. The van der Waals surface area contributed by atoms with Gasteiger partial charge in [0.2, 0.25) is 0 Å². The van der Waals surface area contributed by atoms with Gasteiger partial charge in [0, 0.05) is 11.4 Å². The molecule has 0 spiro atoms. The lowest BCUT2D eigenvalue weighted by molar-refractivity contribution is 0.100. The minimum absolute atomic E-state index is 0.352. The van der Waals surface area contributed by atoms with Gasteiger partial charge >= 0.3 is 6.09 Å². The zero-order chi connectivity index (χ0) is 15.5. The second kappa shape index (κ2) is 5.77. The maximum Gasteiger partial charge on any atom is 0.414 e. The number of amides is 2. The zero-order valence-corrected chi connectivity index (χ0v) is 11.8. The number of carbonyl (C=O) groups excluding carboxylic acids is 2. The fraction of sp³-hybridized carbons (Fsp3) is 0.125. The SMILES string of the molecule is NC(=O)c1ccccc1Nc1cccc(N2CCOC2=O)c1. The minimum Gasteiger partial charge on any atom is -0.447 e. The van der Waals surface area contributed by atoms with Crippen molar-refractivity contribution in [1.82, 2.24) is 0 Å². The number of anilines is 3. The van der Waals surface area contributed by atoms with Crippen molar-refractivity contribution in [1.29, 1.82) is 0 Å². The number of primary amides is 1. The predicted molar refractivity (Wildman–Crippen MR) is 83.4 cm³/mol. The number of nitrogens with one attached hydrogen (secondary N) is 1. The Bertz CT molecular complexity index is 730. The van der Waals surface area contributed by atoms with Crippen LogP contribution in [0.15, 0.2) is 48.5 Å². The highest BCUT2D eigenvalue weighted by Gasteiger charge is 2.23. The number of nitrogens with zero attached hydrogens (tertiary/aromatic N) is 1. The van der Waals surface area contributed by atoms with Crippen LogP contribution in [0.5, 0.6) is 0 Å². The van der Waals surface area contributed by atoms with Gasteiger partial charge in [-0.3, -0.25) is 9.69 Å². The van der Waals surface area contributed by atoms with E-state index >= 15 is 0 Å². The Morgan fingerprint density at radius 1 is 1.18 bits per heavy atom. The van der Waals surface area contributed by atoms with E-state index in [2.05, 4.69) is 5.32 Å². The van der Waals surface area contributed by atoms with E-state index in [1.54, 1.807) is 23.1 Å². The van der Waals surface area contributed by atoms with Crippen molar-refractivity contribution in [3.05, 3.63) is 54.1 Å². The van der Waals surface area contributed by atoms with Gasteiger partial charge < -0.3 is 15.8 Å². The van der Waals surface area contributed by atoms with Gasteiger partial charge in [-0.05, 0) is 30.3 Å². The molecule has 6 heteroatoms. The molecule has 0 bridgehead atoms. The fourth-order valence-electron chi connectivity index (χ4n) is 2.34. The summed E-state index contributed by atoms with van der Waals surface area (Å²) in [6, 6.07) is 14.3. The third-order valence-electron chi connectivity index (χ3n) is 3.39. The van der Waals surface area contributed by atoms with Gasteiger partial charge in [0.25, 0.3) is 5.91 Å². The maximum atomic E-state index is 11.6. The lowest BCUT2D eigenvalue weighted by atomic mass is 10.1. The maximum absolute atomic E-state index is 11.6. The van der Waals surface area contributed by atoms with E-state index in [9.17, 15) is 9.59 Å². The predicted octanol–water partition coefficient (Wildman–Crippen LogP) is 2.49. The van der Waals surface area contributed by atoms with Gasteiger partial charge in [-0.2, -0.15) is 0 Å². The molecule has 0 aromatic heterocycles. The largest absolute Gasteiger partial charge is 0.447 e. The number of hydrogen-bond acceptors (Lipinski definition) is 4. The molecule has 0 saturated carbocycles. The lowest BCUT2D eigenvalue weighted by Crippen LogP contribution is -2.23. The summed E-state index contributed by atoms with van der Waals surface area (Å²) in [7, 11) is 0. The molecule has 0 unspecified atom stereocenters. The molecule has 6 nitrogen and oxygen atoms in total. The summed E-state index contributed by atoms with van der Waals surface area (Å²) in [5.74, 6) is -0.498. The van der Waals surface area contributed by atoms with Crippen LogP contribution < -0.4 is 16.0 Å². The smallest absolute Gasteiger partial charge is 0.414 e. The van der Waals surface area contributed by atoms with E-state index < -0.39 is 5.91 Å². The Morgan fingerprint density at radius 3 is 2.73 bits per heavy atom. The molecule has 1 saturated heterocycles. The highest BCUT2D eigenvalue weighted by atomic mass is 16.6. The number of hydrogen-bond donors (Lipinski definition) is 2. The van der Waals surface area contributed by atoms with Gasteiger partial charge in [0.15, 0.2) is 0 Å². The van der Waals surface area contributed by atoms with E-state index in [-0.39, 0.29) is 6.09 Å². The van der Waals surface area contributed by atoms with Crippen molar-refractivity contribution in [3.8, 4) is 0 Å². The second-order valence-electron chi connectivity index (χ2n) is 4.85. The molecule has 1 heterocycles. The summed E-state index contributed by atoms with van der Waals surface area (Å²) in [6.45, 7) is 0.918. The number of para-hydroxylation sites is 1. The number of nitrogens with two attached hydrogens (primary N) is 1. The van der Waals surface area contributed by atoms with Crippen molar-refractivity contribution >= 4 is 29.1 Å². The van der Waals surface area contributed by atoms with Gasteiger partial charge in [0.05, 0.1) is 17.8 Å². The molecule has 2 aromatic rings. The molecule has 0 radical (unpaired) electrons. The lowest BCUT2D eigenvalue weighted by Gasteiger charge is -2.15. The third kappa shape index (κ3) is 2.71. The van der Waals surface area contributed by atoms with Crippen molar-refractivity contribution < 1.29 is 14.3 Å². The molecule has 2 aromatic carbocycles. The topological polar surface area (TPSA) is 84.7 Å².